The number of piperidine rings is 1. The molecule has 0 aliphatic carbocycles. The molecule has 3 aromatic carbocycles. The predicted molar refractivity (Wildman–Crippen MR) is 146 cm³/mol. The first-order chi connectivity index (χ1) is 18.8. The smallest absolute Gasteiger partial charge is 0.411 e. The number of hydrogen-bond acceptors (Lipinski definition) is 5. The van der Waals surface area contributed by atoms with E-state index >= 15 is 0 Å². The molecule has 2 fully saturated rings. The Balaban J connectivity index is 1.42. The lowest BCUT2D eigenvalue weighted by atomic mass is 9.70. The van der Waals surface area contributed by atoms with E-state index in [4.69, 9.17) is 4.74 Å². The summed E-state index contributed by atoms with van der Waals surface area (Å²) in [5.41, 5.74) is 1.87. The van der Waals surface area contributed by atoms with Gasteiger partial charge in [0.05, 0.1) is 18.2 Å². The fourth-order valence-corrected chi connectivity index (χ4v) is 5.80. The highest BCUT2D eigenvalue weighted by molar-refractivity contribution is 5.94. The van der Waals surface area contributed by atoms with Gasteiger partial charge in [0, 0.05) is 44.1 Å². The highest BCUT2D eigenvalue weighted by Crippen LogP contribution is 2.52. The number of amides is 3. The van der Waals surface area contributed by atoms with E-state index in [-0.39, 0.29) is 11.8 Å². The fraction of sp³-hybridized carbons (Fsp3) is 0.290. The predicted octanol–water partition coefficient (Wildman–Crippen LogP) is 5.06. The lowest BCUT2D eigenvalue weighted by Gasteiger charge is -2.48. The quantitative estimate of drug-likeness (QED) is 0.505. The second kappa shape index (κ2) is 10.3. The molecule has 2 heterocycles. The second-order valence-electron chi connectivity index (χ2n) is 10.2. The molecular formula is C31H30N4O4. The minimum Gasteiger partial charge on any atom is -0.440 e. The second-order valence-corrected chi connectivity index (χ2v) is 10.2. The van der Waals surface area contributed by atoms with Crippen molar-refractivity contribution in [1.29, 1.82) is 5.26 Å². The largest absolute Gasteiger partial charge is 0.440 e. The van der Waals surface area contributed by atoms with Crippen molar-refractivity contribution in [2.24, 2.45) is 0 Å². The van der Waals surface area contributed by atoms with Crippen LogP contribution in [0.4, 0.5) is 10.5 Å². The van der Waals surface area contributed by atoms with Gasteiger partial charge < -0.3 is 15.0 Å². The number of nitrogens with one attached hydrogen (secondary N) is 1. The number of carbonyl (C=O) groups is 3. The maximum Gasteiger partial charge on any atom is 0.411 e. The summed E-state index contributed by atoms with van der Waals surface area (Å²) >= 11 is 0. The van der Waals surface area contributed by atoms with E-state index in [2.05, 4.69) is 11.4 Å². The van der Waals surface area contributed by atoms with Gasteiger partial charge in [-0.1, -0.05) is 48.5 Å². The Morgan fingerprint density at radius 1 is 1.00 bits per heavy atom. The van der Waals surface area contributed by atoms with Crippen LogP contribution in [0.2, 0.25) is 0 Å². The number of likely N-dealkylation sites (tertiary alicyclic amines) is 1. The van der Waals surface area contributed by atoms with Gasteiger partial charge in [0.1, 0.15) is 11.1 Å². The molecule has 1 spiro atoms. The summed E-state index contributed by atoms with van der Waals surface area (Å²) in [5, 5.41) is 12.0. The maximum absolute atomic E-state index is 13.5. The highest BCUT2D eigenvalue weighted by atomic mass is 16.6. The molecule has 1 atom stereocenters. The van der Waals surface area contributed by atoms with E-state index in [1.54, 1.807) is 34.1 Å². The molecule has 2 aliphatic rings. The summed E-state index contributed by atoms with van der Waals surface area (Å²) in [6.07, 6.45) is 0.561. The Hall–Kier alpha value is -4.64. The standard InChI is InChI=1S/C31H30N4O4/c1-22(36)33-27-13-11-23(12-14-27)21-35-29(38)39-31(30(35,2)26-9-4-3-5-10-26)15-17-34(18-16-31)28(37)25-8-6-7-24(19-25)20-32/h3-14,19H,15-18,21H2,1-2H3,(H,33,36). The minimum absolute atomic E-state index is 0.135. The van der Waals surface area contributed by atoms with Crippen LogP contribution in [0.3, 0.4) is 0 Å². The topological polar surface area (TPSA) is 103 Å². The first-order valence-electron chi connectivity index (χ1n) is 13.0. The molecule has 0 bridgehead atoms. The third kappa shape index (κ3) is 4.72. The van der Waals surface area contributed by atoms with E-state index < -0.39 is 17.2 Å². The molecule has 2 aliphatic heterocycles. The molecule has 1 N–H and O–H groups in total. The van der Waals surface area contributed by atoms with Crippen LogP contribution in [0.25, 0.3) is 0 Å². The fourth-order valence-electron chi connectivity index (χ4n) is 5.80. The third-order valence-electron chi connectivity index (χ3n) is 7.98. The number of nitrogens with zero attached hydrogens (tertiary/aromatic N) is 3. The molecule has 8 nitrogen and oxygen atoms in total. The molecule has 0 aromatic heterocycles. The Kier molecular flexibility index (Phi) is 6.83. The van der Waals surface area contributed by atoms with Crippen LogP contribution in [0.15, 0.2) is 78.9 Å². The Labute approximate surface area is 227 Å². The maximum atomic E-state index is 13.5. The molecule has 39 heavy (non-hydrogen) atoms. The molecule has 3 aromatic rings. The van der Waals surface area contributed by atoms with Crippen molar-refractivity contribution >= 4 is 23.6 Å². The van der Waals surface area contributed by atoms with Crippen molar-refractivity contribution in [3.05, 3.63) is 101 Å². The SMILES string of the molecule is CC(=O)Nc1ccc(CN2C(=O)OC3(CCN(C(=O)c4cccc(C#N)c4)CC3)C2(C)c2ccccc2)cc1. The molecular weight excluding hydrogens is 492 g/mol. The summed E-state index contributed by atoms with van der Waals surface area (Å²) < 4.78 is 6.24. The summed E-state index contributed by atoms with van der Waals surface area (Å²) in [4.78, 5) is 41.7. The van der Waals surface area contributed by atoms with Gasteiger partial charge in [0.15, 0.2) is 0 Å². The summed E-state index contributed by atoms with van der Waals surface area (Å²) in [6, 6.07) is 26.1. The van der Waals surface area contributed by atoms with Gasteiger partial charge in [-0.3, -0.25) is 14.5 Å². The number of rotatable bonds is 5. The number of ether oxygens (including phenoxy) is 1. The van der Waals surface area contributed by atoms with Crippen LogP contribution in [-0.2, 0) is 21.6 Å². The third-order valence-corrected chi connectivity index (χ3v) is 7.98. The van der Waals surface area contributed by atoms with Crippen molar-refractivity contribution in [3.8, 4) is 6.07 Å². The zero-order valence-electron chi connectivity index (χ0n) is 22.0. The van der Waals surface area contributed by atoms with Gasteiger partial charge >= 0.3 is 6.09 Å². The van der Waals surface area contributed by atoms with Crippen LogP contribution in [0.5, 0.6) is 0 Å². The van der Waals surface area contributed by atoms with Crippen molar-refractivity contribution in [2.75, 3.05) is 18.4 Å². The molecule has 2 saturated heterocycles. The van der Waals surface area contributed by atoms with Gasteiger partial charge in [-0.05, 0) is 48.4 Å². The van der Waals surface area contributed by atoms with E-state index in [1.165, 1.54) is 6.92 Å². The van der Waals surface area contributed by atoms with Gasteiger partial charge in [-0.15, -0.1) is 0 Å². The van der Waals surface area contributed by atoms with E-state index in [0.717, 1.165) is 11.1 Å². The van der Waals surface area contributed by atoms with Crippen molar-refractivity contribution < 1.29 is 19.1 Å². The number of hydrogen-bond donors (Lipinski definition) is 1. The van der Waals surface area contributed by atoms with Gasteiger partial charge in [-0.2, -0.15) is 5.26 Å². The normalized spacial score (nSPS) is 19.9. The Morgan fingerprint density at radius 3 is 2.33 bits per heavy atom. The number of anilines is 1. The first kappa shape index (κ1) is 26.0. The van der Waals surface area contributed by atoms with E-state index in [0.29, 0.717) is 49.3 Å². The molecule has 5 rings (SSSR count). The van der Waals surface area contributed by atoms with Crippen LogP contribution >= 0.6 is 0 Å². The summed E-state index contributed by atoms with van der Waals surface area (Å²) in [5.74, 6) is -0.282. The van der Waals surface area contributed by atoms with Crippen LogP contribution < -0.4 is 5.32 Å². The minimum atomic E-state index is -0.827. The molecule has 0 radical (unpaired) electrons. The highest BCUT2D eigenvalue weighted by Gasteiger charge is 2.63. The van der Waals surface area contributed by atoms with E-state index in [9.17, 15) is 19.6 Å². The average Bonchev–Trinajstić information content (AvgIpc) is 3.16. The number of benzene rings is 3. The van der Waals surface area contributed by atoms with Crippen LogP contribution in [0.1, 0.15) is 53.7 Å². The lowest BCUT2D eigenvalue weighted by molar-refractivity contribution is -0.114. The van der Waals surface area contributed by atoms with Crippen molar-refractivity contribution in [3.63, 3.8) is 0 Å². The van der Waals surface area contributed by atoms with Crippen molar-refractivity contribution in [2.45, 2.75) is 44.4 Å². The zero-order chi connectivity index (χ0) is 27.6. The molecule has 198 valence electrons. The van der Waals surface area contributed by atoms with Gasteiger partial charge in [0.2, 0.25) is 5.91 Å². The van der Waals surface area contributed by atoms with Gasteiger partial charge in [-0.25, -0.2) is 4.79 Å². The Bertz CT molecular complexity index is 1440. The monoisotopic (exact) mass is 522 g/mol. The zero-order valence-corrected chi connectivity index (χ0v) is 22.0. The van der Waals surface area contributed by atoms with Crippen LogP contribution in [-0.4, -0.2) is 46.4 Å². The Morgan fingerprint density at radius 2 is 1.69 bits per heavy atom. The number of nitriles is 1. The average molecular weight is 523 g/mol. The molecule has 3 amide bonds. The first-order valence-corrected chi connectivity index (χ1v) is 13.0. The number of carbonyl (C=O) groups excluding carboxylic acids is 3. The lowest BCUT2D eigenvalue weighted by Crippen LogP contribution is -2.58. The summed E-state index contributed by atoms with van der Waals surface area (Å²) in [6.45, 7) is 4.68. The molecule has 0 saturated carbocycles. The summed E-state index contributed by atoms with van der Waals surface area (Å²) in [7, 11) is 0. The van der Waals surface area contributed by atoms with Crippen LogP contribution in [0, 0.1) is 11.3 Å². The molecule has 8 heteroatoms. The van der Waals surface area contributed by atoms with E-state index in [1.807, 2.05) is 61.5 Å². The molecule has 1 unspecified atom stereocenters. The van der Waals surface area contributed by atoms with Crippen molar-refractivity contribution in [1.82, 2.24) is 9.80 Å². The van der Waals surface area contributed by atoms with Gasteiger partial charge in [0.25, 0.3) is 5.91 Å².